The van der Waals surface area contributed by atoms with Crippen molar-refractivity contribution in [3.8, 4) is 0 Å². The summed E-state index contributed by atoms with van der Waals surface area (Å²) in [7, 11) is 0. The van der Waals surface area contributed by atoms with Gasteiger partial charge in [-0.2, -0.15) is 0 Å². The maximum Gasteiger partial charge on any atom is 0.0532 e. The Morgan fingerprint density at radius 3 is 2.92 bits per heavy atom. The Balaban J connectivity index is 2.16. The van der Waals surface area contributed by atoms with Gasteiger partial charge in [0.2, 0.25) is 0 Å². The molecule has 1 fully saturated rings. The molecule has 2 rings (SSSR count). The minimum absolute atomic E-state index is 0.339. The van der Waals surface area contributed by atoms with Gasteiger partial charge >= 0.3 is 0 Å². The van der Waals surface area contributed by atoms with E-state index in [4.69, 9.17) is 5.73 Å². The molecule has 0 saturated carbocycles. The van der Waals surface area contributed by atoms with Crippen molar-refractivity contribution in [1.29, 1.82) is 0 Å². The third kappa shape index (κ3) is 1.48. The quantitative estimate of drug-likeness (QED) is 0.523. The summed E-state index contributed by atoms with van der Waals surface area (Å²) in [6.07, 6.45) is 3.95. The summed E-state index contributed by atoms with van der Waals surface area (Å²) < 4.78 is 0. The second kappa shape index (κ2) is 3.49. The summed E-state index contributed by atoms with van der Waals surface area (Å²) in [6, 6.07) is 2.86. The van der Waals surface area contributed by atoms with E-state index in [0.717, 1.165) is 0 Å². The molecule has 0 aliphatic carbocycles. The van der Waals surface area contributed by atoms with E-state index in [1.54, 1.807) is 0 Å². The number of aromatic nitrogens is 1. The monoisotopic (exact) mass is 180 g/mol. The van der Waals surface area contributed by atoms with Gasteiger partial charge in [0.1, 0.15) is 0 Å². The number of rotatable bonds is 2. The number of H-pyrrole nitrogens is 1. The van der Waals surface area contributed by atoms with Crippen molar-refractivity contribution in [1.82, 2.24) is 15.8 Å². The maximum absolute atomic E-state index is 5.73. The fraction of sp³-hybridized carbons (Fsp3) is 0.556. The highest BCUT2D eigenvalue weighted by atomic mass is 15.4. The minimum atomic E-state index is 0.339. The van der Waals surface area contributed by atoms with Gasteiger partial charge in [-0.25, -0.2) is 5.43 Å². The first-order valence-electron chi connectivity index (χ1n) is 4.66. The minimum Gasteiger partial charge on any atom is -0.367 e. The molecule has 4 nitrogen and oxygen atoms in total. The summed E-state index contributed by atoms with van der Waals surface area (Å²) in [5, 5.41) is 0. The smallest absolute Gasteiger partial charge is 0.0532 e. The molecule has 3 atom stereocenters. The maximum atomic E-state index is 5.73. The van der Waals surface area contributed by atoms with Crippen molar-refractivity contribution in [2.75, 3.05) is 6.54 Å². The van der Waals surface area contributed by atoms with Gasteiger partial charge in [0.05, 0.1) is 6.04 Å². The van der Waals surface area contributed by atoms with Crippen LogP contribution in [0.4, 0.5) is 0 Å². The van der Waals surface area contributed by atoms with Crippen LogP contribution < -0.4 is 16.6 Å². The molecule has 1 aromatic heterocycles. The van der Waals surface area contributed by atoms with Crippen LogP contribution in [0.2, 0.25) is 0 Å². The summed E-state index contributed by atoms with van der Waals surface area (Å²) in [5.41, 5.74) is 13.5. The molecule has 4 heteroatoms. The van der Waals surface area contributed by atoms with Gasteiger partial charge in [0, 0.05) is 24.4 Å². The molecule has 1 aliphatic rings. The Bertz CT molecular complexity index is 257. The lowest BCUT2D eigenvalue weighted by molar-refractivity contribution is 0.445. The average molecular weight is 180 g/mol. The lowest BCUT2D eigenvalue weighted by Gasteiger charge is -2.17. The first kappa shape index (κ1) is 8.74. The molecule has 2 heterocycles. The van der Waals surface area contributed by atoms with Crippen LogP contribution >= 0.6 is 0 Å². The molecule has 1 aliphatic heterocycles. The molecule has 0 amide bonds. The molecule has 0 bridgehead atoms. The number of nitrogens with two attached hydrogens (primary N) is 1. The van der Waals surface area contributed by atoms with E-state index in [1.165, 1.54) is 5.56 Å². The van der Waals surface area contributed by atoms with Crippen molar-refractivity contribution in [3.05, 3.63) is 24.0 Å². The number of hydrazine groups is 1. The van der Waals surface area contributed by atoms with E-state index in [0.29, 0.717) is 24.5 Å². The van der Waals surface area contributed by atoms with Crippen LogP contribution in [-0.4, -0.2) is 17.6 Å². The highest BCUT2D eigenvalue weighted by molar-refractivity contribution is 5.17. The lowest BCUT2D eigenvalue weighted by Crippen LogP contribution is -2.30. The van der Waals surface area contributed by atoms with Gasteiger partial charge in [0.25, 0.3) is 0 Å². The van der Waals surface area contributed by atoms with E-state index in [2.05, 4.69) is 28.8 Å². The fourth-order valence-electron chi connectivity index (χ4n) is 1.92. The van der Waals surface area contributed by atoms with Crippen LogP contribution in [0.15, 0.2) is 18.5 Å². The van der Waals surface area contributed by atoms with Crippen LogP contribution in [0.1, 0.15) is 18.5 Å². The Kier molecular flexibility index (Phi) is 2.35. The summed E-state index contributed by atoms with van der Waals surface area (Å²) in [5.74, 6) is 0.468. The number of nitrogens with one attached hydrogen (secondary N) is 3. The average Bonchev–Trinajstić information content (AvgIpc) is 2.71. The van der Waals surface area contributed by atoms with Crippen LogP contribution in [-0.2, 0) is 0 Å². The SMILES string of the molecule is CC1NNC(c2cc[nH]c2)C1CN. The molecular formula is C9H16N4. The topological polar surface area (TPSA) is 65.9 Å². The standard InChI is InChI=1S/C9H16N4/c1-6-8(4-10)9(13-12-6)7-2-3-11-5-7/h2-3,5-6,8-9,11-13H,4,10H2,1H3. The van der Waals surface area contributed by atoms with Gasteiger partial charge in [0.15, 0.2) is 0 Å². The molecule has 13 heavy (non-hydrogen) atoms. The third-order valence-electron chi connectivity index (χ3n) is 2.79. The molecule has 0 spiro atoms. The predicted molar refractivity (Wildman–Crippen MR) is 51.8 cm³/mol. The molecule has 1 aromatic rings. The van der Waals surface area contributed by atoms with E-state index < -0.39 is 0 Å². The summed E-state index contributed by atoms with van der Waals surface area (Å²) >= 11 is 0. The zero-order valence-corrected chi connectivity index (χ0v) is 7.75. The third-order valence-corrected chi connectivity index (χ3v) is 2.79. The van der Waals surface area contributed by atoms with Crippen molar-refractivity contribution in [2.24, 2.45) is 11.7 Å². The highest BCUT2D eigenvalue weighted by Crippen LogP contribution is 2.27. The molecular weight excluding hydrogens is 164 g/mol. The normalized spacial score (nSPS) is 33.8. The van der Waals surface area contributed by atoms with Crippen LogP contribution in [0, 0.1) is 5.92 Å². The summed E-state index contributed by atoms with van der Waals surface area (Å²) in [6.45, 7) is 2.86. The predicted octanol–water partition coefficient (Wildman–Crippen LogP) is 0.127. The van der Waals surface area contributed by atoms with Gasteiger partial charge in [-0.1, -0.05) is 0 Å². The van der Waals surface area contributed by atoms with Gasteiger partial charge in [-0.15, -0.1) is 0 Å². The van der Waals surface area contributed by atoms with Crippen LogP contribution in [0.5, 0.6) is 0 Å². The van der Waals surface area contributed by atoms with E-state index in [1.807, 2.05) is 12.4 Å². The fourth-order valence-corrected chi connectivity index (χ4v) is 1.92. The Morgan fingerprint density at radius 1 is 1.46 bits per heavy atom. The second-order valence-corrected chi connectivity index (χ2v) is 3.60. The highest BCUT2D eigenvalue weighted by Gasteiger charge is 2.32. The van der Waals surface area contributed by atoms with Crippen molar-refractivity contribution in [3.63, 3.8) is 0 Å². The molecule has 5 N–H and O–H groups in total. The van der Waals surface area contributed by atoms with Crippen molar-refractivity contribution in [2.45, 2.75) is 19.0 Å². The van der Waals surface area contributed by atoms with Gasteiger partial charge in [-0.3, -0.25) is 5.43 Å². The zero-order chi connectivity index (χ0) is 9.26. The number of hydrogen-bond donors (Lipinski definition) is 4. The zero-order valence-electron chi connectivity index (χ0n) is 7.75. The first-order valence-corrected chi connectivity index (χ1v) is 4.66. The molecule has 0 radical (unpaired) electrons. The molecule has 72 valence electrons. The Labute approximate surface area is 77.9 Å². The Morgan fingerprint density at radius 2 is 2.31 bits per heavy atom. The number of aromatic amines is 1. The van der Waals surface area contributed by atoms with Gasteiger partial charge in [-0.05, 0) is 25.1 Å². The van der Waals surface area contributed by atoms with Crippen LogP contribution in [0.25, 0.3) is 0 Å². The van der Waals surface area contributed by atoms with E-state index in [9.17, 15) is 0 Å². The van der Waals surface area contributed by atoms with Gasteiger partial charge < -0.3 is 10.7 Å². The first-order chi connectivity index (χ1) is 6.33. The van der Waals surface area contributed by atoms with E-state index in [-0.39, 0.29) is 0 Å². The van der Waals surface area contributed by atoms with E-state index >= 15 is 0 Å². The molecule has 1 saturated heterocycles. The summed E-state index contributed by atoms with van der Waals surface area (Å²) in [4.78, 5) is 3.06. The molecule has 0 aromatic carbocycles. The van der Waals surface area contributed by atoms with Crippen molar-refractivity contribution >= 4 is 0 Å². The van der Waals surface area contributed by atoms with Crippen molar-refractivity contribution < 1.29 is 0 Å². The van der Waals surface area contributed by atoms with Crippen LogP contribution in [0.3, 0.4) is 0 Å². The second-order valence-electron chi connectivity index (χ2n) is 3.60. The Hall–Kier alpha value is -0.840. The molecule has 3 unspecified atom stereocenters. The number of hydrogen-bond acceptors (Lipinski definition) is 3. The largest absolute Gasteiger partial charge is 0.367 e. The lowest BCUT2D eigenvalue weighted by atomic mass is 9.92.